The zero-order chi connectivity index (χ0) is 16.2. The molecule has 0 saturated heterocycles. The summed E-state index contributed by atoms with van der Waals surface area (Å²) in [6, 6.07) is 9.93. The molecule has 0 saturated carbocycles. The minimum Gasteiger partial charge on any atom is -0.349 e. The lowest BCUT2D eigenvalue weighted by Gasteiger charge is -2.09. The van der Waals surface area contributed by atoms with E-state index >= 15 is 0 Å². The summed E-state index contributed by atoms with van der Waals surface area (Å²) in [7, 11) is 0. The minimum atomic E-state index is 0.0418. The lowest BCUT2D eigenvalue weighted by atomic mass is 10.3. The van der Waals surface area contributed by atoms with Crippen molar-refractivity contribution >= 4 is 11.6 Å². The second kappa shape index (κ2) is 6.64. The van der Waals surface area contributed by atoms with Gasteiger partial charge < -0.3 is 9.88 Å². The Bertz CT molecular complexity index is 798. The van der Waals surface area contributed by atoms with Crippen LogP contribution in [0.4, 0.5) is 0 Å². The average Bonchev–Trinajstić information content (AvgIpc) is 3.11. The first-order chi connectivity index (χ1) is 11.1. The number of aromatic nitrogens is 4. The fourth-order valence-electron chi connectivity index (χ4n) is 2.73. The average molecular weight is 311 g/mol. The molecule has 0 fully saturated rings. The SMILES string of the molecule is Cc1ccc(C)n1CCCC(=O)NCc1nnc2ccccn12. The summed E-state index contributed by atoms with van der Waals surface area (Å²) in [4.78, 5) is 12.0. The maximum absolute atomic E-state index is 12.0. The van der Waals surface area contributed by atoms with Crippen LogP contribution in [-0.2, 0) is 17.9 Å². The van der Waals surface area contributed by atoms with Crippen LogP contribution in [0.5, 0.6) is 0 Å². The van der Waals surface area contributed by atoms with E-state index in [1.165, 1.54) is 11.4 Å². The van der Waals surface area contributed by atoms with Gasteiger partial charge in [0.25, 0.3) is 0 Å². The second-order valence-corrected chi connectivity index (χ2v) is 5.69. The molecule has 3 rings (SSSR count). The van der Waals surface area contributed by atoms with Crippen molar-refractivity contribution in [1.82, 2.24) is 24.5 Å². The number of nitrogens with one attached hydrogen (secondary N) is 1. The predicted octanol–water partition coefficient (Wildman–Crippen LogP) is 2.24. The normalized spacial score (nSPS) is 11.0. The molecule has 3 aromatic heterocycles. The summed E-state index contributed by atoms with van der Waals surface area (Å²) in [5.74, 6) is 0.784. The number of aryl methyl sites for hydroxylation is 2. The number of carbonyl (C=O) groups excluding carboxylic acids is 1. The zero-order valence-electron chi connectivity index (χ0n) is 13.5. The van der Waals surface area contributed by atoms with Gasteiger partial charge in [0.15, 0.2) is 11.5 Å². The Hall–Kier alpha value is -2.63. The number of rotatable bonds is 6. The van der Waals surface area contributed by atoms with Crippen molar-refractivity contribution in [2.45, 2.75) is 39.8 Å². The van der Waals surface area contributed by atoms with Crippen LogP contribution in [0.3, 0.4) is 0 Å². The summed E-state index contributed by atoms with van der Waals surface area (Å²) in [5.41, 5.74) is 3.26. The topological polar surface area (TPSA) is 64.2 Å². The molecule has 0 radical (unpaired) electrons. The number of nitrogens with zero attached hydrogens (tertiary/aromatic N) is 4. The molecule has 0 unspecified atom stereocenters. The molecule has 120 valence electrons. The van der Waals surface area contributed by atoms with E-state index < -0.39 is 0 Å². The number of fused-ring (bicyclic) bond motifs is 1. The fraction of sp³-hybridized carbons (Fsp3) is 0.353. The summed E-state index contributed by atoms with van der Waals surface area (Å²) in [6.07, 6.45) is 3.23. The van der Waals surface area contributed by atoms with Crippen molar-refractivity contribution in [2.24, 2.45) is 0 Å². The molecule has 0 aliphatic carbocycles. The summed E-state index contributed by atoms with van der Waals surface area (Å²) in [6.45, 7) is 5.44. The molecule has 0 aliphatic heterocycles. The first-order valence-electron chi connectivity index (χ1n) is 7.83. The van der Waals surface area contributed by atoms with Crippen molar-refractivity contribution in [3.05, 3.63) is 53.7 Å². The fourth-order valence-corrected chi connectivity index (χ4v) is 2.73. The van der Waals surface area contributed by atoms with Crippen LogP contribution in [0.15, 0.2) is 36.5 Å². The number of pyridine rings is 1. The molecule has 0 spiro atoms. The number of hydrogen-bond donors (Lipinski definition) is 1. The van der Waals surface area contributed by atoms with Crippen LogP contribution < -0.4 is 5.32 Å². The third kappa shape index (κ3) is 3.41. The van der Waals surface area contributed by atoms with E-state index in [0.29, 0.717) is 13.0 Å². The van der Waals surface area contributed by atoms with Gasteiger partial charge in [-0.15, -0.1) is 10.2 Å². The monoisotopic (exact) mass is 311 g/mol. The van der Waals surface area contributed by atoms with Crippen molar-refractivity contribution in [2.75, 3.05) is 0 Å². The van der Waals surface area contributed by atoms with Crippen LogP contribution in [0.2, 0.25) is 0 Å². The molecule has 3 heterocycles. The summed E-state index contributed by atoms with van der Waals surface area (Å²) >= 11 is 0. The van der Waals surface area contributed by atoms with E-state index in [-0.39, 0.29) is 5.91 Å². The van der Waals surface area contributed by atoms with Gasteiger partial charge in [-0.1, -0.05) is 6.07 Å². The first-order valence-corrected chi connectivity index (χ1v) is 7.83. The van der Waals surface area contributed by atoms with Gasteiger partial charge in [0, 0.05) is 30.6 Å². The molecule has 0 bridgehead atoms. The smallest absolute Gasteiger partial charge is 0.220 e. The Morgan fingerprint density at radius 1 is 1.13 bits per heavy atom. The van der Waals surface area contributed by atoms with Crippen LogP contribution in [0.25, 0.3) is 5.65 Å². The van der Waals surface area contributed by atoms with Crippen molar-refractivity contribution < 1.29 is 4.79 Å². The molecule has 3 aromatic rings. The Labute approximate surface area is 135 Å². The van der Waals surface area contributed by atoms with Crippen LogP contribution in [0.1, 0.15) is 30.1 Å². The first kappa shape index (κ1) is 15.3. The quantitative estimate of drug-likeness (QED) is 0.759. The van der Waals surface area contributed by atoms with Gasteiger partial charge in [-0.2, -0.15) is 0 Å². The van der Waals surface area contributed by atoms with E-state index in [1.807, 2.05) is 28.8 Å². The number of carbonyl (C=O) groups is 1. The summed E-state index contributed by atoms with van der Waals surface area (Å²) in [5, 5.41) is 11.1. The number of hydrogen-bond acceptors (Lipinski definition) is 3. The van der Waals surface area contributed by atoms with E-state index in [0.717, 1.165) is 24.4 Å². The molecular weight excluding hydrogens is 290 g/mol. The van der Waals surface area contributed by atoms with E-state index in [2.05, 4.69) is 46.1 Å². The highest BCUT2D eigenvalue weighted by atomic mass is 16.1. The lowest BCUT2D eigenvalue weighted by molar-refractivity contribution is -0.121. The Morgan fingerprint density at radius 3 is 2.70 bits per heavy atom. The standard InChI is InChI=1S/C17H21N5O/c1-13-8-9-14(2)21(13)11-5-7-17(23)18-12-16-20-19-15-6-3-4-10-22(15)16/h3-4,6,8-10H,5,7,11-12H2,1-2H3,(H,18,23). The molecule has 0 atom stereocenters. The Balaban J connectivity index is 1.48. The maximum atomic E-state index is 12.0. The van der Waals surface area contributed by atoms with Gasteiger partial charge >= 0.3 is 0 Å². The van der Waals surface area contributed by atoms with Crippen LogP contribution in [0, 0.1) is 13.8 Å². The lowest BCUT2D eigenvalue weighted by Crippen LogP contribution is -2.24. The largest absolute Gasteiger partial charge is 0.349 e. The van der Waals surface area contributed by atoms with Gasteiger partial charge in [0.1, 0.15) is 0 Å². The second-order valence-electron chi connectivity index (χ2n) is 5.69. The van der Waals surface area contributed by atoms with Gasteiger partial charge in [0.05, 0.1) is 6.54 Å². The van der Waals surface area contributed by atoms with Crippen molar-refractivity contribution in [3.63, 3.8) is 0 Å². The van der Waals surface area contributed by atoms with Gasteiger partial charge in [-0.3, -0.25) is 9.20 Å². The molecule has 6 heteroatoms. The molecule has 0 aliphatic rings. The van der Waals surface area contributed by atoms with Crippen LogP contribution >= 0.6 is 0 Å². The van der Waals surface area contributed by atoms with Gasteiger partial charge in [-0.25, -0.2) is 0 Å². The molecular formula is C17H21N5O. The molecule has 23 heavy (non-hydrogen) atoms. The van der Waals surface area contributed by atoms with Crippen molar-refractivity contribution in [3.8, 4) is 0 Å². The Morgan fingerprint density at radius 2 is 1.91 bits per heavy atom. The molecule has 1 N–H and O–H groups in total. The highest BCUT2D eigenvalue weighted by Crippen LogP contribution is 2.09. The van der Waals surface area contributed by atoms with E-state index in [1.54, 1.807) is 0 Å². The predicted molar refractivity (Wildman–Crippen MR) is 88.0 cm³/mol. The number of amides is 1. The molecule has 6 nitrogen and oxygen atoms in total. The van der Waals surface area contributed by atoms with Crippen molar-refractivity contribution in [1.29, 1.82) is 0 Å². The van der Waals surface area contributed by atoms with Crippen LogP contribution in [-0.4, -0.2) is 25.1 Å². The third-order valence-electron chi connectivity index (χ3n) is 4.03. The minimum absolute atomic E-state index is 0.0418. The Kier molecular flexibility index (Phi) is 4.41. The molecule has 1 amide bonds. The third-order valence-corrected chi connectivity index (χ3v) is 4.03. The molecule has 0 aromatic carbocycles. The highest BCUT2D eigenvalue weighted by Gasteiger charge is 2.07. The highest BCUT2D eigenvalue weighted by molar-refractivity contribution is 5.75. The summed E-state index contributed by atoms with van der Waals surface area (Å²) < 4.78 is 4.12. The maximum Gasteiger partial charge on any atom is 0.220 e. The van der Waals surface area contributed by atoms with Gasteiger partial charge in [-0.05, 0) is 44.5 Å². The van der Waals surface area contributed by atoms with Gasteiger partial charge in [0.2, 0.25) is 5.91 Å². The zero-order valence-corrected chi connectivity index (χ0v) is 13.5. The van der Waals surface area contributed by atoms with E-state index in [9.17, 15) is 4.79 Å². The van der Waals surface area contributed by atoms with E-state index in [4.69, 9.17) is 0 Å².